The summed E-state index contributed by atoms with van der Waals surface area (Å²) in [6.07, 6.45) is 0. The molecule has 5 heteroatoms. The highest BCUT2D eigenvalue weighted by Crippen LogP contribution is 2.19. The standard InChI is InChI=1S/C9H14N2O3/c1-5-14-7-6(12)8(13)11(10-7)9(2,3)4/h5H2,1-4H3. The number of carbonyl (C=O) groups is 2. The Labute approximate surface area is 82.7 Å². The van der Waals surface area contributed by atoms with Crippen LogP contribution >= 0.6 is 0 Å². The van der Waals surface area contributed by atoms with Gasteiger partial charge in [-0.05, 0) is 27.7 Å². The Morgan fingerprint density at radius 1 is 1.36 bits per heavy atom. The molecular weight excluding hydrogens is 184 g/mol. The minimum Gasteiger partial charge on any atom is -0.474 e. The van der Waals surface area contributed by atoms with Gasteiger partial charge in [-0.25, -0.2) is 5.01 Å². The van der Waals surface area contributed by atoms with Crippen LogP contribution in [0.25, 0.3) is 0 Å². The van der Waals surface area contributed by atoms with E-state index in [1.165, 1.54) is 0 Å². The SMILES string of the molecule is CCOC1=NN(C(C)(C)C)C(=O)C1=O. The third-order valence-corrected chi connectivity index (χ3v) is 1.69. The van der Waals surface area contributed by atoms with Crippen molar-refractivity contribution < 1.29 is 14.3 Å². The molecule has 0 aromatic carbocycles. The maximum absolute atomic E-state index is 11.4. The van der Waals surface area contributed by atoms with Crippen molar-refractivity contribution in [2.75, 3.05) is 6.61 Å². The Balaban J connectivity index is 2.92. The van der Waals surface area contributed by atoms with Crippen molar-refractivity contribution in [1.29, 1.82) is 0 Å². The molecule has 5 nitrogen and oxygen atoms in total. The van der Waals surface area contributed by atoms with Gasteiger partial charge >= 0.3 is 11.7 Å². The molecule has 0 saturated heterocycles. The van der Waals surface area contributed by atoms with Gasteiger partial charge in [0.1, 0.15) is 0 Å². The molecule has 0 fully saturated rings. The van der Waals surface area contributed by atoms with Crippen LogP contribution in [0.15, 0.2) is 5.10 Å². The van der Waals surface area contributed by atoms with Crippen molar-refractivity contribution in [3.63, 3.8) is 0 Å². The van der Waals surface area contributed by atoms with E-state index < -0.39 is 17.2 Å². The average molecular weight is 198 g/mol. The predicted molar refractivity (Wildman–Crippen MR) is 50.7 cm³/mol. The number of hydrogen-bond acceptors (Lipinski definition) is 4. The number of carbonyl (C=O) groups excluding carboxylic acids is 2. The lowest BCUT2D eigenvalue weighted by atomic mass is 10.1. The zero-order chi connectivity index (χ0) is 10.9. The second-order valence-electron chi connectivity index (χ2n) is 3.96. The Bertz CT molecular complexity index is 302. The van der Waals surface area contributed by atoms with Crippen LogP contribution in [-0.4, -0.2) is 34.7 Å². The van der Waals surface area contributed by atoms with E-state index in [9.17, 15) is 9.59 Å². The number of ether oxygens (including phenoxy) is 1. The minimum atomic E-state index is -0.665. The highest BCUT2D eigenvalue weighted by Gasteiger charge is 2.40. The molecule has 1 amide bonds. The molecule has 14 heavy (non-hydrogen) atoms. The van der Waals surface area contributed by atoms with E-state index in [4.69, 9.17) is 4.74 Å². The first-order valence-corrected chi connectivity index (χ1v) is 4.48. The molecular formula is C9H14N2O3. The van der Waals surface area contributed by atoms with Gasteiger partial charge in [-0.3, -0.25) is 9.59 Å². The van der Waals surface area contributed by atoms with Gasteiger partial charge in [-0.15, -0.1) is 5.10 Å². The van der Waals surface area contributed by atoms with Crippen LogP contribution in [0, 0.1) is 0 Å². The highest BCUT2D eigenvalue weighted by molar-refractivity contribution is 6.64. The fourth-order valence-electron chi connectivity index (χ4n) is 1.06. The van der Waals surface area contributed by atoms with Gasteiger partial charge in [0, 0.05) is 0 Å². The summed E-state index contributed by atoms with van der Waals surface area (Å²) < 4.78 is 4.95. The van der Waals surface area contributed by atoms with Crippen molar-refractivity contribution >= 4 is 17.6 Å². The first-order chi connectivity index (χ1) is 6.38. The molecule has 0 aromatic heterocycles. The van der Waals surface area contributed by atoms with Crippen molar-refractivity contribution in [3.05, 3.63) is 0 Å². The van der Waals surface area contributed by atoms with E-state index in [0.717, 1.165) is 5.01 Å². The average Bonchev–Trinajstić information content (AvgIpc) is 2.32. The number of nitrogens with zero attached hydrogens (tertiary/aromatic N) is 2. The van der Waals surface area contributed by atoms with Gasteiger partial charge in [0.15, 0.2) is 0 Å². The summed E-state index contributed by atoms with van der Waals surface area (Å²) in [5.41, 5.74) is -0.494. The van der Waals surface area contributed by atoms with Gasteiger partial charge in [0.05, 0.1) is 12.1 Å². The molecule has 1 aliphatic rings. The highest BCUT2D eigenvalue weighted by atomic mass is 16.5. The number of ketones is 1. The smallest absolute Gasteiger partial charge is 0.320 e. The monoisotopic (exact) mass is 198 g/mol. The normalized spacial score (nSPS) is 17.4. The van der Waals surface area contributed by atoms with Crippen LogP contribution in [0.2, 0.25) is 0 Å². The molecule has 0 aromatic rings. The van der Waals surface area contributed by atoms with Crippen molar-refractivity contribution in [2.24, 2.45) is 5.10 Å². The molecule has 0 saturated carbocycles. The quantitative estimate of drug-likeness (QED) is 0.578. The third-order valence-electron chi connectivity index (χ3n) is 1.69. The Morgan fingerprint density at radius 2 is 1.93 bits per heavy atom. The van der Waals surface area contributed by atoms with E-state index in [1.54, 1.807) is 27.7 Å². The predicted octanol–water partition coefficient (Wildman–Crippen LogP) is 0.546. The molecule has 0 bridgehead atoms. The molecule has 0 unspecified atom stereocenters. The van der Waals surface area contributed by atoms with E-state index in [-0.39, 0.29) is 5.90 Å². The summed E-state index contributed by atoms with van der Waals surface area (Å²) in [5.74, 6) is -1.39. The minimum absolute atomic E-state index is 0.104. The second kappa shape index (κ2) is 3.40. The Morgan fingerprint density at radius 3 is 2.29 bits per heavy atom. The molecule has 1 rings (SSSR count). The molecule has 78 valence electrons. The molecule has 0 atom stereocenters. The summed E-state index contributed by atoms with van der Waals surface area (Å²) in [4.78, 5) is 22.7. The first-order valence-electron chi connectivity index (χ1n) is 4.48. The third kappa shape index (κ3) is 1.76. The lowest BCUT2D eigenvalue weighted by Crippen LogP contribution is -2.41. The molecule has 1 heterocycles. The van der Waals surface area contributed by atoms with Crippen molar-refractivity contribution in [2.45, 2.75) is 33.2 Å². The summed E-state index contributed by atoms with van der Waals surface area (Å²) >= 11 is 0. The number of hydrazone groups is 1. The maximum atomic E-state index is 11.4. The number of hydrogen-bond donors (Lipinski definition) is 0. The summed E-state index contributed by atoms with van der Waals surface area (Å²) in [5, 5.41) is 4.99. The van der Waals surface area contributed by atoms with E-state index in [1.807, 2.05) is 0 Å². The Kier molecular flexibility index (Phi) is 2.59. The van der Waals surface area contributed by atoms with Crippen molar-refractivity contribution in [3.8, 4) is 0 Å². The number of rotatable bonds is 1. The molecule has 0 spiro atoms. The van der Waals surface area contributed by atoms with Crippen LogP contribution in [-0.2, 0) is 14.3 Å². The van der Waals surface area contributed by atoms with E-state index in [2.05, 4.69) is 5.10 Å². The zero-order valence-corrected chi connectivity index (χ0v) is 8.83. The maximum Gasteiger partial charge on any atom is 0.320 e. The van der Waals surface area contributed by atoms with Crippen LogP contribution in [0.5, 0.6) is 0 Å². The lowest BCUT2D eigenvalue weighted by molar-refractivity contribution is -0.143. The summed E-state index contributed by atoms with van der Waals surface area (Å²) in [7, 11) is 0. The topological polar surface area (TPSA) is 59.0 Å². The lowest BCUT2D eigenvalue weighted by Gasteiger charge is -2.26. The van der Waals surface area contributed by atoms with Gasteiger partial charge in [-0.2, -0.15) is 0 Å². The molecule has 1 aliphatic heterocycles. The fourth-order valence-corrected chi connectivity index (χ4v) is 1.06. The largest absolute Gasteiger partial charge is 0.474 e. The molecule has 0 aliphatic carbocycles. The number of Topliss-reactive ketones (excluding diaryl/α,β-unsaturated/α-hetero) is 1. The summed E-state index contributed by atoms with van der Waals surface area (Å²) in [6, 6.07) is 0. The number of amides is 1. The van der Waals surface area contributed by atoms with Gasteiger partial charge in [0.2, 0.25) is 0 Å². The summed E-state index contributed by atoms with van der Waals surface area (Å²) in [6.45, 7) is 7.47. The Hall–Kier alpha value is -1.39. The second-order valence-corrected chi connectivity index (χ2v) is 3.96. The van der Waals surface area contributed by atoms with Gasteiger partial charge in [0.25, 0.3) is 5.90 Å². The fraction of sp³-hybridized carbons (Fsp3) is 0.667. The van der Waals surface area contributed by atoms with E-state index >= 15 is 0 Å². The zero-order valence-electron chi connectivity index (χ0n) is 8.83. The van der Waals surface area contributed by atoms with Crippen molar-refractivity contribution in [1.82, 2.24) is 5.01 Å². The molecule has 0 N–H and O–H groups in total. The van der Waals surface area contributed by atoms with E-state index in [0.29, 0.717) is 6.61 Å². The van der Waals surface area contributed by atoms with Gasteiger partial charge < -0.3 is 4.74 Å². The first kappa shape index (κ1) is 10.7. The van der Waals surface area contributed by atoms with Crippen LogP contribution in [0.3, 0.4) is 0 Å². The van der Waals surface area contributed by atoms with Crippen LogP contribution < -0.4 is 0 Å². The van der Waals surface area contributed by atoms with Gasteiger partial charge in [-0.1, -0.05) is 0 Å². The molecule has 0 radical (unpaired) electrons. The van der Waals surface area contributed by atoms with Crippen LogP contribution in [0.4, 0.5) is 0 Å². The van der Waals surface area contributed by atoms with Crippen LogP contribution in [0.1, 0.15) is 27.7 Å².